The molecule has 0 unspecified atom stereocenters. The Hall–Kier alpha value is -2.67. The van der Waals surface area contributed by atoms with Gasteiger partial charge < -0.3 is 14.4 Å². The van der Waals surface area contributed by atoms with Gasteiger partial charge in [0.25, 0.3) is 0 Å². The fourth-order valence-corrected chi connectivity index (χ4v) is 3.84. The number of aromatic nitrogens is 2. The van der Waals surface area contributed by atoms with E-state index in [4.69, 9.17) is 0 Å². The van der Waals surface area contributed by atoms with Crippen LogP contribution >= 0.6 is 0 Å². The van der Waals surface area contributed by atoms with Crippen LogP contribution in [0.4, 0.5) is 5.82 Å². The summed E-state index contributed by atoms with van der Waals surface area (Å²) < 4.78 is 1.92. The van der Waals surface area contributed by atoms with Crippen LogP contribution in [0.3, 0.4) is 0 Å². The van der Waals surface area contributed by atoms with E-state index in [2.05, 4.69) is 16.9 Å². The van der Waals surface area contributed by atoms with E-state index >= 15 is 0 Å². The monoisotopic (exact) mass is 367 g/mol. The van der Waals surface area contributed by atoms with Crippen molar-refractivity contribution in [3.05, 3.63) is 47.9 Å². The molecule has 0 N–H and O–H groups in total. The summed E-state index contributed by atoms with van der Waals surface area (Å²) in [5.74, 6) is -0.194. The number of carbonyl (C=O) groups excluding carboxylic acids is 2. The van der Waals surface area contributed by atoms with Gasteiger partial charge >= 0.3 is 0 Å². The van der Waals surface area contributed by atoms with Gasteiger partial charge in [-0.2, -0.15) is 0 Å². The molecule has 2 aromatic rings. The number of rotatable bonds is 3. The summed E-state index contributed by atoms with van der Waals surface area (Å²) in [4.78, 5) is 36.6. The molecule has 1 saturated heterocycles. The normalized spacial score (nSPS) is 20.7. The molecule has 0 spiro atoms. The highest BCUT2D eigenvalue weighted by atomic mass is 16.2. The van der Waals surface area contributed by atoms with Crippen molar-refractivity contribution in [1.82, 2.24) is 19.4 Å². The number of fused-ring (bicyclic) bond motifs is 1. The largest absolute Gasteiger partial charge is 0.339 e. The van der Waals surface area contributed by atoms with Gasteiger partial charge in [0.1, 0.15) is 5.92 Å². The lowest BCUT2D eigenvalue weighted by Crippen LogP contribution is -2.53. The zero-order valence-corrected chi connectivity index (χ0v) is 15.8. The van der Waals surface area contributed by atoms with Crippen molar-refractivity contribution in [3.8, 4) is 0 Å². The maximum atomic E-state index is 13.3. The SMILES string of the molecule is CN1CCN(C(=O)[C@H]2Cc3c(ncn3C)N(Cc3ccccc3)C2=O)CC1. The molecule has 1 atom stereocenters. The molecule has 0 bridgehead atoms. The molecule has 2 aliphatic rings. The van der Waals surface area contributed by atoms with E-state index in [9.17, 15) is 9.59 Å². The lowest BCUT2D eigenvalue weighted by molar-refractivity contribution is -0.142. The van der Waals surface area contributed by atoms with Crippen molar-refractivity contribution in [1.29, 1.82) is 0 Å². The van der Waals surface area contributed by atoms with Crippen molar-refractivity contribution in [2.45, 2.75) is 13.0 Å². The molecular formula is C20H25N5O2. The van der Waals surface area contributed by atoms with Gasteiger partial charge in [-0.15, -0.1) is 0 Å². The molecule has 1 aromatic heterocycles. The minimum absolute atomic E-state index is 0.0574. The van der Waals surface area contributed by atoms with Crippen LogP contribution in [-0.2, 0) is 29.6 Å². The second-order valence-electron chi connectivity index (χ2n) is 7.42. The van der Waals surface area contributed by atoms with E-state index in [1.165, 1.54) is 0 Å². The molecule has 2 aliphatic heterocycles. The van der Waals surface area contributed by atoms with E-state index in [-0.39, 0.29) is 11.8 Å². The smallest absolute Gasteiger partial charge is 0.241 e. The number of anilines is 1. The number of hydrogen-bond donors (Lipinski definition) is 0. The second kappa shape index (κ2) is 7.15. The minimum Gasteiger partial charge on any atom is -0.339 e. The molecule has 142 valence electrons. The lowest BCUT2D eigenvalue weighted by Gasteiger charge is -2.37. The summed E-state index contributed by atoms with van der Waals surface area (Å²) in [6.45, 7) is 3.47. The van der Waals surface area contributed by atoms with Gasteiger partial charge in [-0.3, -0.25) is 14.5 Å². The Morgan fingerprint density at radius 3 is 2.52 bits per heavy atom. The topological polar surface area (TPSA) is 61.7 Å². The maximum absolute atomic E-state index is 13.3. The molecule has 7 nitrogen and oxygen atoms in total. The molecule has 0 radical (unpaired) electrons. The maximum Gasteiger partial charge on any atom is 0.241 e. The zero-order chi connectivity index (χ0) is 19.0. The Balaban J connectivity index is 1.62. The Labute approximate surface area is 159 Å². The van der Waals surface area contributed by atoms with Crippen molar-refractivity contribution < 1.29 is 9.59 Å². The van der Waals surface area contributed by atoms with Crippen LogP contribution in [0.15, 0.2) is 36.7 Å². The molecule has 0 aliphatic carbocycles. The molecule has 0 saturated carbocycles. The van der Waals surface area contributed by atoms with Crippen molar-refractivity contribution in [2.24, 2.45) is 13.0 Å². The fraction of sp³-hybridized carbons (Fsp3) is 0.450. The van der Waals surface area contributed by atoms with Crippen LogP contribution in [0.1, 0.15) is 11.3 Å². The standard InChI is InChI=1S/C20H25N5O2/c1-22-8-10-24(11-9-22)19(26)16-12-17-18(21-14-23(17)2)25(20(16)27)13-15-6-4-3-5-7-15/h3-7,14,16H,8-13H2,1-2H3/t16-/m1/s1. The number of aryl methyl sites for hydroxylation is 1. The molecule has 1 fully saturated rings. The number of piperazine rings is 1. The molecule has 27 heavy (non-hydrogen) atoms. The summed E-state index contributed by atoms with van der Waals surface area (Å²) in [6.07, 6.45) is 2.14. The molecule has 3 heterocycles. The molecular weight excluding hydrogens is 342 g/mol. The minimum atomic E-state index is -0.667. The number of amides is 2. The van der Waals surface area contributed by atoms with E-state index in [0.29, 0.717) is 31.9 Å². The number of nitrogens with zero attached hydrogens (tertiary/aromatic N) is 5. The fourth-order valence-electron chi connectivity index (χ4n) is 3.84. The quantitative estimate of drug-likeness (QED) is 0.757. The summed E-state index contributed by atoms with van der Waals surface area (Å²) in [6, 6.07) is 9.84. The first-order chi connectivity index (χ1) is 13.0. The Bertz CT molecular complexity index is 839. The van der Waals surface area contributed by atoms with Crippen molar-refractivity contribution in [3.63, 3.8) is 0 Å². The number of carbonyl (C=O) groups is 2. The third-order valence-corrected chi connectivity index (χ3v) is 5.55. The van der Waals surface area contributed by atoms with Gasteiger partial charge in [-0.05, 0) is 12.6 Å². The summed E-state index contributed by atoms with van der Waals surface area (Å²) in [5.41, 5.74) is 1.97. The molecule has 1 aromatic carbocycles. The third-order valence-electron chi connectivity index (χ3n) is 5.55. The molecule has 4 rings (SSSR count). The van der Waals surface area contributed by atoms with E-state index in [1.807, 2.05) is 46.8 Å². The molecule has 2 amide bonds. The highest BCUT2D eigenvalue weighted by molar-refractivity contribution is 6.09. The Morgan fingerprint density at radius 2 is 1.81 bits per heavy atom. The van der Waals surface area contributed by atoms with Crippen molar-refractivity contribution in [2.75, 3.05) is 38.1 Å². The first-order valence-corrected chi connectivity index (χ1v) is 9.37. The van der Waals surface area contributed by atoms with Gasteiger partial charge in [0.05, 0.1) is 18.6 Å². The highest BCUT2D eigenvalue weighted by Crippen LogP contribution is 2.31. The lowest BCUT2D eigenvalue weighted by atomic mass is 9.94. The molecule has 7 heteroatoms. The zero-order valence-electron chi connectivity index (χ0n) is 15.8. The summed E-state index contributed by atoms with van der Waals surface area (Å²) >= 11 is 0. The van der Waals surface area contributed by atoms with Crippen LogP contribution in [0.2, 0.25) is 0 Å². The second-order valence-corrected chi connectivity index (χ2v) is 7.42. The summed E-state index contributed by atoms with van der Waals surface area (Å²) in [7, 11) is 3.97. The van der Waals surface area contributed by atoms with Crippen LogP contribution in [0.5, 0.6) is 0 Å². The first-order valence-electron chi connectivity index (χ1n) is 9.37. The van der Waals surface area contributed by atoms with E-state index in [1.54, 1.807) is 11.2 Å². The van der Waals surface area contributed by atoms with Crippen LogP contribution in [0.25, 0.3) is 0 Å². The van der Waals surface area contributed by atoms with Gasteiger partial charge in [-0.1, -0.05) is 30.3 Å². The van der Waals surface area contributed by atoms with Gasteiger partial charge in [0.2, 0.25) is 11.8 Å². The average Bonchev–Trinajstić information content (AvgIpc) is 3.05. The van der Waals surface area contributed by atoms with Crippen LogP contribution in [-0.4, -0.2) is 64.4 Å². The Kier molecular flexibility index (Phi) is 4.70. The Morgan fingerprint density at radius 1 is 1.11 bits per heavy atom. The van der Waals surface area contributed by atoms with Crippen LogP contribution in [0, 0.1) is 5.92 Å². The van der Waals surface area contributed by atoms with Crippen LogP contribution < -0.4 is 4.90 Å². The third kappa shape index (κ3) is 3.35. The number of benzene rings is 1. The number of hydrogen-bond acceptors (Lipinski definition) is 4. The van der Waals surface area contributed by atoms with E-state index < -0.39 is 5.92 Å². The predicted octanol–water partition coefficient (Wildman–Crippen LogP) is 0.900. The highest BCUT2D eigenvalue weighted by Gasteiger charge is 2.41. The van der Waals surface area contributed by atoms with Gasteiger partial charge in [0.15, 0.2) is 5.82 Å². The summed E-state index contributed by atoms with van der Waals surface area (Å²) in [5, 5.41) is 0. The predicted molar refractivity (Wildman–Crippen MR) is 102 cm³/mol. The number of likely N-dealkylation sites (N-methyl/N-ethyl adjacent to an activating group) is 1. The van der Waals surface area contributed by atoms with Gasteiger partial charge in [0, 0.05) is 39.6 Å². The van der Waals surface area contributed by atoms with E-state index in [0.717, 1.165) is 24.3 Å². The van der Waals surface area contributed by atoms with Gasteiger partial charge in [-0.25, -0.2) is 4.98 Å². The number of imidazole rings is 1. The average molecular weight is 367 g/mol. The first kappa shape index (κ1) is 17.7. The van der Waals surface area contributed by atoms with Crippen molar-refractivity contribution >= 4 is 17.6 Å².